The molecule has 3 nitrogen and oxygen atoms in total. The van der Waals surface area contributed by atoms with E-state index in [1.807, 2.05) is 0 Å². The number of nitrogens with one attached hydrogen (secondary N) is 1. The van der Waals surface area contributed by atoms with Gasteiger partial charge in [0.2, 0.25) is 0 Å². The second-order valence-corrected chi connectivity index (χ2v) is 0.660. The van der Waals surface area contributed by atoms with Crippen LogP contribution in [0, 0.1) is 0 Å². The molecule has 0 bridgehead atoms. The van der Waals surface area contributed by atoms with Crippen LogP contribution >= 0.6 is 0 Å². The molecule has 0 amide bonds. The third-order valence-corrected chi connectivity index (χ3v) is 0.331. The predicted molar refractivity (Wildman–Crippen MR) is 16.4 cm³/mol. The summed E-state index contributed by atoms with van der Waals surface area (Å²) >= 11 is 0. The fraction of sp³-hybridized carbons (Fsp3) is 0. The van der Waals surface area contributed by atoms with Crippen LogP contribution in [0.3, 0.4) is 0 Å². The number of nitrogens with zero attached hydrogens (tertiary/aromatic N) is 2. The number of rotatable bonds is 0. The Kier molecular flexibility index (Phi) is 2.71. The summed E-state index contributed by atoms with van der Waals surface area (Å²) in [6.45, 7) is 0. The second-order valence-electron chi connectivity index (χ2n) is 0.660. The fourth-order valence-corrected chi connectivity index (χ4v) is 0.167. The Bertz CT molecular complexity index is 65.3. The summed E-state index contributed by atoms with van der Waals surface area (Å²) in [5.41, 5.74) is 0. The maximum atomic E-state index is 3.42. The first kappa shape index (κ1) is 5.66. The molecule has 0 unspecified atom stereocenters. The van der Waals surface area contributed by atoms with Gasteiger partial charge in [0.15, 0.2) is 0 Å². The zero-order valence-electron chi connectivity index (χ0n) is 2.85. The summed E-state index contributed by atoms with van der Waals surface area (Å²) in [6, 6.07) is 0. The molecule has 0 saturated carbocycles. The van der Waals surface area contributed by atoms with Gasteiger partial charge in [-0.25, -0.2) is 0 Å². The molecule has 1 aromatic rings. The maximum Gasteiger partial charge on any atom is 2.00 e. The van der Waals surface area contributed by atoms with Crippen molar-refractivity contribution in [2.45, 2.75) is 0 Å². The summed E-state index contributed by atoms with van der Waals surface area (Å²) in [4.78, 5) is 0. The van der Waals surface area contributed by atoms with Gasteiger partial charge in [0.25, 0.3) is 0 Å². The normalized spacial score (nSPS) is 6.67. The van der Waals surface area contributed by atoms with E-state index in [9.17, 15) is 0 Å². The Hall–Kier alpha value is -0.341. The Morgan fingerprint density at radius 3 is 2.50 bits per heavy atom. The van der Waals surface area contributed by atoms with Crippen molar-refractivity contribution in [1.29, 1.82) is 0 Å². The molecule has 0 aliphatic rings. The largest absolute Gasteiger partial charge is 2.00 e. The Morgan fingerprint density at radius 1 is 1.50 bits per heavy atom. The topological polar surface area (TPSA) is 41.6 Å². The minimum absolute atomic E-state index is 0. The van der Waals surface area contributed by atoms with Crippen molar-refractivity contribution in [3.63, 3.8) is 0 Å². The third-order valence-electron chi connectivity index (χ3n) is 0.331. The molecular formula is C2H3CuN3+2. The monoisotopic (exact) mass is 132 g/mol. The average Bonchev–Trinajstić information content (AvgIpc) is 1.76. The molecule has 0 aliphatic heterocycles. The molecule has 1 rings (SSSR count). The first-order valence-electron chi connectivity index (χ1n) is 1.30. The SMILES string of the molecule is [Cu+2].c1c[nH]nn1. The van der Waals surface area contributed by atoms with Crippen LogP contribution in [-0.4, -0.2) is 15.4 Å². The summed E-state index contributed by atoms with van der Waals surface area (Å²) in [6.07, 6.45) is 3.24. The number of aromatic amines is 1. The second kappa shape index (κ2) is 2.87. The van der Waals surface area contributed by atoms with Crippen LogP contribution in [0.1, 0.15) is 0 Å². The van der Waals surface area contributed by atoms with E-state index in [1.165, 1.54) is 0 Å². The standard InChI is InChI=1S/C2H3N3.Cu/c1-2-4-5-3-1;/h1-2H,(H,3,4,5);/q;+2. The van der Waals surface area contributed by atoms with E-state index in [2.05, 4.69) is 15.4 Å². The summed E-state index contributed by atoms with van der Waals surface area (Å²) < 4.78 is 0. The van der Waals surface area contributed by atoms with Gasteiger partial charge in [0, 0.05) is 6.20 Å². The van der Waals surface area contributed by atoms with E-state index < -0.39 is 0 Å². The molecule has 0 saturated heterocycles. The molecule has 6 heavy (non-hydrogen) atoms. The predicted octanol–water partition coefficient (Wildman–Crippen LogP) is -0.198. The molecule has 1 radical (unpaired) electrons. The summed E-state index contributed by atoms with van der Waals surface area (Å²) in [5, 5.41) is 9.26. The van der Waals surface area contributed by atoms with Crippen molar-refractivity contribution >= 4 is 0 Å². The molecular weight excluding hydrogens is 130 g/mol. The van der Waals surface area contributed by atoms with Gasteiger partial charge in [-0.2, -0.15) is 0 Å². The fourth-order valence-electron chi connectivity index (χ4n) is 0.167. The zero-order chi connectivity index (χ0) is 3.54. The Morgan fingerprint density at radius 2 is 2.33 bits per heavy atom. The van der Waals surface area contributed by atoms with Crippen molar-refractivity contribution in [1.82, 2.24) is 15.4 Å². The van der Waals surface area contributed by atoms with Crippen LogP contribution in [0.4, 0.5) is 0 Å². The van der Waals surface area contributed by atoms with Crippen LogP contribution < -0.4 is 0 Å². The maximum absolute atomic E-state index is 3.42. The van der Waals surface area contributed by atoms with E-state index >= 15 is 0 Å². The number of aromatic nitrogens is 3. The van der Waals surface area contributed by atoms with E-state index in [0.29, 0.717) is 0 Å². The van der Waals surface area contributed by atoms with Gasteiger partial charge in [-0.15, -0.1) is 5.10 Å². The van der Waals surface area contributed by atoms with Crippen LogP contribution in [-0.2, 0) is 17.1 Å². The van der Waals surface area contributed by atoms with E-state index in [4.69, 9.17) is 0 Å². The molecule has 0 atom stereocenters. The molecule has 0 spiro atoms. The van der Waals surface area contributed by atoms with Crippen LogP contribution in [0.25, 0.3) is 0 Å². The van der Waals surface area contributed by atoms with Gasteiger partial charge in [0.1, 0.15) is 0 Å². The molecule has 0 fully saturated rings. The van der Waals surface area contributed by atoms with Crippen LogP contribution in [0.2, 0.25) is 0 Å². The van der Waals surface area contributed by atoms with E-state index in [0.717, 1.165) is 0 Å². The molecule has 0 aliphatic carbocycles. The van der Waals surface area contributed by atoms with Gasteiger partial charge < -0.3 is 0 Å². The minimum Gasteiger partial charge on any atom is -0.266 e. The third kappa shape index (κ3) is 1.19. The molecule has 1 N–H and O–H groups in total. The van der Waals surface area contributed by atoms with Crippen molar-refractivity contribution in [2.24, 2.45) is 0 Å². The van der Waals surface area contributed by atoms with E-state index in [1.54, 1.807) is 12.4 Å². The van der Waals surface area contributed by atoms with E-state index in [-0.39, 0.29) is 17.1 Å². The van der Waals surface area contributed by atoms with Crippen molar-refractivity contribution in [3.05, 3.63) is 12.4 Å². The molecule has 1 aromatic heterocycles. The molecule has 1 heterocycles. The van der Waals surface area contributed by atoms with Gasteiger partial charge in [-0.3, -0.25) is 5.10 Å². The van der Waals surface area contributed by atoms with Gasteiger partial charge in [-0.05, 0) is 0 Å². The van der Waals surface area contributed by atoms with Gasteiger partial charge in [0.05, 0.1) is 6.20 Å². The van der Waals surface area contributed by atoms with Crippen molar-refractivity contribution in [3.8, 4) is 0 Å². The number of hydrogen-bond donors (Lipinski definition) is 1. The van der Waals surface area contributed by atoms with Gasteiger partial charge >= 0.3 is 17.1 Å². The zero-order valence-corrected chi connectivity index (χ0v) is 3.79. The van der Waals surface area contributed by atoms with Gasteiger partial charge in [-0.1, -0.05) is 5.21 Å². The van der Waals surface area contributed by atoms with Crippen molar-refractivity contribution in [2.75, 3.05) is 0 Å². The minimum atomic E-state index is 0. The number of H-pyrrole nitrogens is 1. The number of hydrogen-bond acceptors (Lipinski definition) is 2. The summed E-state index contributed by atoms with van der Waals surface area (Å²) in [5.74, 6) is 0. The average molecular weight is 133 g/mol. The van der Waals surface area contributed by atoms with Crippen molar-refractivity contribution < 1.29 is 17.1 Å². The Labute approximate surface area is 45.6 Å². The molecule has 4 heteroatoms. The van der Waals surface area contributed by atoms with Crippen LogP contribution in [0.5, 0.6) is 0 Å². The quantitative estimate of drug-likeness (QED) is 0.497. The smallest absolute Gasteiger partial charge is 0.266 e. The first-order valence-corrected chi connectivity index (χ1v) is 1.30. The Balaban J connectivity index is 0.000000250. The molecule has 35 valence electrons. The molecule has 0 aromatic carbocycles. The van der Waals surface area contributed by atoms with Crippen LogP contribution in [0.15, 0.2) is 12.4 Å². The first-order chi connectivity index (χ1) is 2.50. The summed E-state index contributed by atoms with van der Waals surface area (Å²) in [7, 11) is 0.